The van der Waals surface area contributed by atoms with E-state index >= 15 is 0 Å². The minimum absolute atomic E-state index is 0.337. The molecule has 0 aliphatic heterocycles. The monoisotopic (exact) mass is 315 g/mol. The Morgan fingerprint density at radius 2 is 1.92 bits per heavy atom. The van der Waals surface area contributed by atoms with Gasteiger partial charge in [-0.15, -0.1) is 10.2 Å². The van der Waals surface area contributed by atoms with Crippen LogP contribution in [0, 0.1) is 17.2 Å². The zero-order valence-corrected chi connectivity index (χ0v) is 13.4. The highest BCUT2D eigenvalue weighted by Gasteiger charge is 2.28. The SMILES string of the molecule is C[C@@H](Nc1c(C#N)nnc2cc(-c3ccncc3)ccc12)C1CC1. The summed E-state index contributed by atoms with van der Waals surface area (Å²) in [4.78, 5) is 4.05. The van der Waals surface area contributed by atoms with Gasteiger partial charge in [-0.2, -0.15) is 5.26 Å². The molecule has 1 N–H and O–H groups in total. The van der Waals surface area contributed by atoms with Crippen molar-refractivity contribution in [2.75, 3.05) is 5.32 Å². The number of benzene rings is 1. The Kier molecular flexibility index (Phi) is 3.58. The molecule has 1 aromatic carbocycles. The molecule has 1 saturated carbocycles. The third kappa shape index (κ3) is 2.67. The van der Waals surface area contributed by atoms with E-state index in [-0.39, 0.29) is 0 Å². The standard InChI is InChI=1S/C19H17N5/c1-12(13-2-3-13)22-19-16-5-4-15(14-6-8-21-9-7-14)10-17(16)23-24-18(19)11-20/h4-10,12-13H,2-3H2,1H3,(H,22,23)/t12-/m1/s1. The van der Waals surface area contributed by atoms with Crippen LogP contribution in [0.4, 0.5) is 5.69 Å². The molecule has 1 aliphatic carbocycles. The summed E-state index contributed by atoms with van der Waals surface area (Å²) in [5, 5.41) is 22.2. The average molecular weight is 315 g/mol. The summed E-state index contributed by atoms with van der Waals surface area (Å²) in [6.07, 6.45) is 6.04. The van der Waals surface area contributed by atoms with E-state index in [1.807, 2.05) is 30.3 Å². The fourth-order valence-corrected chi connectivity index (χ4v) is 3.00. The maximum Gasteiger partial charge on any atom is 0.186 e. The molecule has 0 spiro atoms. The van der Waals surface area contributed by atoms with Crippen LogP contribution in [0.2, 0.25) is 0 Å². The van der Waals surface area contributed by atoms with Crippen molar-refractivity contribution in [3.63, 3.8) is 0 Å². The van der Waals surface area contributed by atoms with Crippen LogP contribution in [0.3, 0.4) is 0 Å². The summed E-state index contributed by atoms with van der Waals surface area (Å²) >= 11 is 0. The van der Waals surface area contributed by atoms with Crippen LogP contribution in [-0.2, 0) is 0 Å². The van der Waals surface area contributed by atoms with Crippen molar-refractivity contribution in [1.29, 1.82) is 5.26 Å². The fourth-order valence-electron chi connectivity index (χ4n) is 3.00. The van der Waals surface area contributed by atoms with Crippen LogP contribution in [-0.4, -0.2) is 21.2 Å². The zero-order valence-electron chi connectivity index (χ0n) is 13.4. The number of fused-ring (bicyclic) bond motifs is 1. The van der Waals surface area contributed by atoms with Crippen LogP contribution in [0.25, 0.3) is 22.0 Å². The Balaban J connectivity index is 1.80. The Morgan fingerprint density at radius 3 is 2.62 bits per heavy atom. The van der Waals surface area contributed by atoms with E-state index in [2.05, 4.69) is 33.5 Å². The second kappa shape index (κ2) is 5.89. The van der Waals surface area contributed by atoms with Crippen LogP contribution in [0.1, 0.15) is 25.5 Å². The van der Waals surface area contributed by atoms with Crippen molar-refractivity contribution >= 4 is 16.6 Å². The predicted molar refractivity (Wildman–Crippen MR) is 93.3 cm³/mol. The van der Waals surface area contributed by atoms with Crippen LogP contribution in [0.5, 0.6) is 0 Å². The number of pyridine rings is 1. The smallest absolute Gasteiger partial charge is 0.186 e. The van der Waals surface area contributed by atoms with Gasteiger partial charge >= 0.3 is 0 Å². The molecule has 0 saturated heterocycles. The van der Waals surface area contributed by atoms with Gasteiger partial charge in [0.2, 0.25) is 0 Å². The molecule has 1 fully saturated rings. The van der Waals surface area contributed by atoms with Crippen molar-refractivity contribution in [3.05, 3.63) is 48.4 Å². The number of hydrogen-bond acceptors (Lipinski definition) is 5. The van der Waals surface area contributed by atoms with Gasteiger partial charge in [0.1, 0.15) is 6.07 Å². The lowest BCUT2D eigenvalue weighted by Gasteiger charge is -2.17. The van der Waals surface area contributed by atoms with Crippen molar-refractivity contribution in [2.24, 2.45) is 5.92 Å². The van der Waals surface area contributed by atoms with Crippen molar-refractivity contribution in [1.82, 2.24) is 15.2 Å². The van der Waals surface area contributed by atoms with E-state index < -0.39 is 0 Å². The van der Waals surface area contributed by atoms with Crippen LogP contribution >= 0.6 is 0 Å². The molecule has 2 aromatic heterocycles. The largest absolute Gasteiger partial charge is 0.379 e. The van der Waals surface area contributed by atoms with Gasteiger partial charge in [0.25, 0.3) is 0 Å². The molecule has 0 unspecified atom stereocenters. The number of rotatable bonds is 4. The molecule has 1 aliphatic rings. The first-order chi connectivity index (χ1) is 11.8. The molecule has 1 atom stereocenters. The first kappa shape index (κ1) is 14.6. The highest BCUT2D eigenvalue weighted by atomic mass is 15.1. The summed E-state index contributed by atoms with van der Waals surface area (Å²) in [6.45, 7) is 2.16. The molecule has 118 valence electrons. The Hall–Kier alpha value is -3.00. The molecule has 24 heavy (non-hydrogen) atoms. The van der Waals surface area contributed by atoms with Crippen molar-refractivity contribution in [3.8, 4) is 17.2 Å². The van der Waals surface area contributed by atoms with Gasteiger partial charge in [0, 0.05) is 23.8 Å². The Bertz CT molecular complexity index is 926. The summed E-state index contributed by atoms with van der Waals surface area (Å²) in [7, 11) is 0. The minimum atomic E-state index is 0.337. The minimum Gasteiger partial charge on any atom is -0.379 e. The predicted octanol–water partition coefficient (Wildman–Crippen LogP) is 3.77. The number of anilines is 1. The van der Waals surface area contributed by atoms with Gasteiger partial charge < -0.3 is 5.32 Å². The van der Waals surface area contributed by atoms with Gasteiger partial charge in [0.05, 0.1) is 11.2 Å². The second-order valence-electron chi connectivity index (χ2n) is 6.27. The first-order valence-electron chi connectivity index (χ1n) is 8.14. The number of hydrogen-bond donors (Lipinski definition) is 1. The van der Waals surface area contributed by atoms with E-state index in [0.717, 1.165) is 27.7 Å². The van der Waals surface area contributed by atoms with Gasteiger partial charge in [-0.1, -0.05) is 6.07 Å². The number of aromatic nitrogens is 3. The highest BCUT2D eigenvalue weighted by molar-refractivity contribution is 5.95. The normalized spacial score (nSPS) is 15.0. The van der Waals surface area contributed by atoms with Crippen molar-refractivity contribution < 1.29 is 0 Å². The fraction of sp³-hybridized carbons (Fsp3) is 0.263. The van der Waals surface area contributed by atoms with E-state index in [1.54, 1.807) is 12.4 Å². The molecule has 3 aromatic rings. The zero-order chi connectivity index (χ0) is 16.5. The third-order valence-electron chi connectivity index (χ3n) is 4.58. The lowest BCUT2D eigenvalue weighted by molar-refractivity contribution is 0.694. The van der Waals surface area contributed by atoms with Gasteiger partial charge in [-0.3, -0.25) is 4.98 Å². The second-order valence-corrected chi connectivity index (χ2v) is 6.27. The van der Waals surface area contributed by atoms with Gasteiger partial charge in [-0.25, -0.2) is 0 Å². The van der Waals surface area contributed by atoms with E-state index in [9.17, 15) is 5.26 Å². The Labute approximate surface area is 140 Å². The van der Waals surface area contributed by atoms with Crippen LogP contribution < -0.4 is 5.32 Å². The van der Waals surface area contributed by atoms with Crippen LogP contribution in [0.15, 0.2) is 42.7 Å². The maximum absolute atomic E-state index is 9.38. The number of nitrogens with one attached hydrogen (secondary N) is 1. The summed E-state index contributed by atoms with van der Waals surface area (Å²) in [6, 6.07) is 12.5. The third-order valence-corrected chi connectivity index (χ3v) is 4.58. The highest BCUT2D eigenvalue weighted by Crippen LogP contribution is 2.36. The molecule has 2 heterocycles. The number of nitriles is 1. The first-order valence-corrected chi connectivity index (χ1v) is 8.14. The quantitative estimate of drug-likeness (QED) is 0.793. The van der Waals surface area contributed by atoms with E-state index in [4.69, 9.17) is 0 Å². The van der Waals surface area contributed by atoms with Gasteiger partial charge in [-0.05, 0) is 61.1 Å². The molecule has 4 rings (SSSR count). The molecule has 0 amide bonds. The van der Waals surface area contributed by atoms with E-state index in [1.165, 1.54) is 12.8 Å². The Morgan fingerprint density at radius 1 is 1.12 bits per heavy atom. The molecular formula is C19H17N5. The lowest BCUT2D eigenvalue weighted by atomic mass is 10.0. The molecule has 5 nitrogen and oxygen atoms in total. The van der Waals surface area contributed by atoms with Crippen molar-refractivity contribution in [2.45, 2.75) is 25.8 Å². The molecule has 0 bridgehead atoms. The molecule has 5 heteroatoms. The summed E-state index contributed by atoms with van der Waals surface area (Å²) in [5.41, 5.74) is 4.08. The number of nitrogens with zero attached hydrogens (tertiary/aromatic N) is 4. The summed E-state index contributed by atoms with van der Waals surface area (Å²) < 4.78 is 0. The average Bonchev–Trinajstić information content (AvgIpc) is 3.47. The maximum atomic E-state index is 9.38. The van der Waals surface area contributed by atoms with Gasteiger partial charge in [0.15, 0.2) is 5.69 Å². The molecular weight excluding hydrogens is 298 g/mol. The lowest BCUT2D eigenvalue weighted by Crippen LogP contribution is -2.19. The molecule has 0 radical (unpaired) electrons. The van der Waals surface area contributed by atoms with E-state index in [0.29, 0.717) is 17.7 Å². The topological polar surface area (TPSA) is 74.5 Å². The summed E-state index contributed by atoms with van der Waals surface area (Å²) in [5.74, 6) is 0.691.